The molecule has 0 saturated heterocycles. The Labute approximate surface area is 181 Å². The highest BCUT2D eigenvalue weighted by Gasteiger charge is 2.29. The molecule has 0 aliphatic heterocycles. The smallest absolute Gasteiger partial charge is 0.242 e. The van der Waals surface area contributed by atoms with Crippen LogP contribution in [0.25, 0.3) is 0 Å². The number of hydrogen-bond acceptors (Lipinski definition) is 2. The molecule has 2 rings (SSSR count). The molecule has 0 saturated carbocycles. The first-order chi connectivity index (χ1) is 14.2. The molecule has 0 aromatic heterocycles. The van der Waals surface area contributed by atoms with E-state index in [-0.39, 0.29) is 11.8 Å². The Balaban J connectivity index is 2.30. The van der Waals surface area contributed by atoms with Gasteiger partial charge in [-0.2, -0.15) is 0 Å². The number of hydrogen-bond donors (Lipinski definition) is 1. The van der Waals surface area contributed by atoms with Gasteiger partial charge >= 0.3 is 0 Å². The summed E-state index contributed by atoms with van der Waals surface area (Å²) in [5.41, 5.74) is 5.56. The predicted molar refractivity (Wildman–Crippen MR) is 123 cm³/mol. The third-order valence-electron chi connectivity index (χ3n) is 5.60. The van der Waals surface area contributed by atoms with Crippen LogP contribution >= 0.6 is 0 Å². The van der Waals surface area contributed by atoms with Crippen LogP contribution < -0.4 is 5.32 Å². The molecule has 2 amide bonds. The lowest BCUT2D eigenvalue weighted by Gasteiger charge is -2.31. The van der Waals surface area contributed by atoms with E-state index in [1.165, 1.54) is 11.1 Å². The van der Waals surface area contributed by atoms with Crippen LogP contribution in [0.1, 0.15) is 55.0 Å². The third kappa shape index (κ3) is 6.45. The second-order valence-corrected chi connectivity index (χ2v) is 8.61. The fourth-order valence-electron chi connectivity index (χ4n) is 3.50. The Kier molecular flexibility index (Phi) is 8.64. The van der Waals surface area contributed by atoms with E-state index in [1.54, 1.807) is 4.90 Å². The fraction of sp³-hybridized carbons (Fsp3) is 0.462. The number of carbonyl (C=O) groups excluding carboxylic acids is 2. The molecule has 30 heavy (non-hydrogen) atoms. The highest BCUT2D eigenvalue weighted by Crippen LogP contribution is 2.18. The van der Waals surface area contributed by atoms with Crippen LogP contribution in [0, 0.1) is 26.7 Å². The minimum absolute atomic E-state index is 0.0203. The largest absolute Gasteiger partial charge is 0.354 e. The van der Waals surface area contributed by atoms with Gasteiger partial charge in [0.2, 0.25) is 11.8 Å². The predicted octanol–water partition coefficient (Wildman–Crippen LogP) is 4.73. The van der Waals surface area contributed by atoms with Crippen molar-refractivity contribution in [2.24, 2.45) is 5.92 Å². The van der Waals surface area contributed by atoms with Crippen molar-refractivity contribution in [1.82, 2.24) is 10.2 Å². The van der Waals surface area contributed by atoms with E-state index in [4.69, 9.17) is 0 Å². The molecule has 2 aromatic carbocycles. The van der Waals surface area contributed by atoms with Crippen molar-refractivity contribution in [3.63, 3.8) is 0 Å². The van der Waals surface area contributed by atoms with Crippen molar-refractivity contribution in [2.45, 2.75) is 67.0 Å². The van der Waals surface area contributed by atoms with Crippen molar-refractivity contribution in [3.05, 3.63) is 70.3 Å². The summed E-state index contributed by atoms with van der Waals surface area (Å²) < 4.78 is 0. The van der Waals surface area contributed by atoms with Crippen molar-refractivity contribution >= 4 is 11.8 Å². The first-order valence-electron chi connectivity index (χ1n) is 10.9. The fourth-order valence-corrected chi connectivity index (χ4v) is 3.50. The molecule has 162 valence electrons. The Morgan fingerprint density at radius 2 is 1.67 bits per heavy atom. The van der Waals surface area contributed by atoms with Gasteiger partial charge < -0.3 is 10.2 Å². The molecule has 0 spiro atoms. The van der Waals surface area contributed by atoms with Gasteiger partial charge in [-0.3, -0.25) is 9.59 Å². The summed E-state index contributed by atoms with van der Waals surface area (Å²) in [6.45, 7) is 13.3. The molecule has 0 radical (unpaired) electrons. The van der Waals surface area contributed by atoms with E-state index in [2.05, 4.69) is 45.1 Å². The average Bonchev–Trinajstić information content (AvgIpc) is 2.70. The molecule has 0 heterocycles. The van der Waals surface area contributed by atoms with Crippen molar-refractivity contribution in [2.75, 3.05) is 6.54 Å². The highest BCUT2D eigenvalue weighted by atomic mass is 16.2. The molecule has 2 aromatic rings. The van der Waals surface area contributed by atoms with Gasteiger partial charge in [0.25, 0.3) is 0 Å². The lowest BCUT2D eigenvalue weighted by molar-refractivity contribution is -0.141. The monoisotopic (exact) mass is 408 g/mol. The summed E-state index contributed by atoms with van der Waals surface area (Å²) in [5, 5.41) is 3.02. The quantitative estimate of drug-likeness (QED) is 0.652. The van der Waals surface area contributed by atoms with Crippen LogP contribution in [0.4, 0.5) is 0 Å². The van der Waals surface area contributed by atoms with Crippen LogP contribution in [0.2, 0.25) is 0 Å². The zero-order chi connectivity index (χ0) is 22.3. The highest BCUT2D eigenvalue weighted by molar-refractivity contribution is 5.88. The molecule has 0 aliphatic rings. The minimum atomic E-state index is -0.484. The molecule has 0 aliphatic carbocycles. The van der Waals surface area contributed by atoms with Crippen molar-refractivity contribution < 1.29 is 9.59 Å². The standard InChI is InChI=1S/C26H36N2O2/c1-7-24(26(30)27-16-18(2)3)28(17-23-11-9-8-10-20(23)5)25(29)15-22-13-12-19(4)21(6)14-22/h8-14,18,24H,7,15-17H2,1-6H3,(H,27,30)/t24-/m0/s1. The number of carbonyl (C=O) groups is 2. The van der Waals surface area contributed by atoms with Gasteiger partial charge in [0.05, 0.1) is 6.42 Å². The van der Waals surface area contributed by atoms with Crippen LogP contribution in [0.3, 0.4) is 0 Å². The zero-order valence-corrected chi connectivity index (χ0v) is 19.3. The summed E-state index contributed by atoms with van der Waals surface area (Å²) in [6, 6.07) is 13.7. The lowest BCUT2D eigenvalue weighted by Crippen LogP contribution is -2.50. The van der Waals surface area contributed by atoms with E-state index in [0.717, 1.165) is 16.7 Å². The maximum atomic E-state index is 13.4. The number of amides is 2. The van der Waals surface area contributed by atoms with Gasteiger partial charge in [-0.05, 0) is 60.9 Å². The minimum Gasteiger partial charge on any atom is -0.354 e. The summed E-state index contributed by atoms with van der Waals surface area (Å²) in [4.78, 5) is 28.1. The summed E-state index contributed by atoms with van der Waals surface area (Å²) in [7, 11) is 0. The van der Waals surface area contributed by atoms with Gasteiger partial charge in [0.1, 0.15) is 6.04 Å². The van der Waals surface area contributed by atoms with Gasteiger partial charge in [-0.1, -0.05) is 63.2 Å². The number of aryl methyl sites for hydroxylation is 3. The van der Waals surface area contributed by atoms with Gasteiger partial charge in [0.15, 0.2) is 0 Å². The van der Waals surface area contributed by atoms with Crippen molar-refractivity contribution in [1.29, 1.82) is 0 Å². The molecular weight excluding hydrogens is 372 g/mol. The second-order valence-electron chi connectivity index (χ2n) is 8.61. The Morgan fingerprint density at radius 1 is 0.967 bits per heavy atom. The SMILES string of the molecule is CC[C@@H](C(=O)NCC(C)C)N(Cc1ccccc1C)C(=O)Cc1ccc(C)c(C)c1. The molecule has 1 N–H and O–H groups in total. The van der Waals surface area contributed by atoms with Gasteiger partial charge in [-0.15, -0.1) is 0 Å². The van der Waals surface area contributed by atoms with E-state index in [0.29, 0.717) is 31.8 Å². The zero-order valence-electron chi connectivity index (χ0n) is 19.3. The number of nitrogens with zero attached hydrogens (tertiary/aromatic N) is 1. The Bertz CT molecular complexity index is 873. The third-order valence-corrected chi connectivity index (χ3v) is 5.60. The summed E-state index contributed by atoms with van der Waals surface area (Å²) in [5.74, 6) is 0.267. The molecule has 4 heteroatoms. The molecule has 0 bridgehead atoms. The van der Waals surface area contributed by atoms with Crippen LogP contribution in [0.5, 0.6) is 0 Å². The molecule has 0 fully saturated rings. The van der Waals surface area contributed by atoms with E-state index >= 15 is 0 Å². The van der Waals surface area contributed by atoms with E-state index in [9.17, 15) is 9.59 Å². The summed E-state index contributed by atoms with van der Waals surface area (Å²) >= 11 is 0. The number of benzene rings is 2. The van der Waals surface area contributed by atoms with Crippen LogP contribution in [-0.2, 0) is 22.6 Å². The van der Waals surface area contributed by atoms with Crippen LogP contribution in [-0.4, -0.2) is 29.3 Å². The number of nitrogens with one attached hydrogen (secondary N) is 1. The first-order valence-corrected chi connectivity index (χ1v) is 10.9. The average molecular weight is 409 g/mol. The van der Waals surface area contributed by atoms with E-state index in [1.807, 2.05) is 44.2 Å². The lowest BCUT2D eigenvalue weighted by atomic mass is 10.0. The topological polar surface area (TPSA) is 49.4 Å². The first kappa shape index (κ1) is 23.7. The van der Waals surface area contributed by atoms with Crippen molar-refractivity contribution in [3.8, 4) is 0 Å². The Hall–Kier alpha value is -2.62. The van der Waals surface area contributed by atoms with Crippen LogP contribution in [0.15, 0.2) is 42.5 Å². The molecular formula is C26H36N2O2. The van der Waals surface area contributed by atoms with E-state index < -0.39 is 6.04 Å². The van der Waals surface area contributed by atoms with Gasteiger partial charge in [0, 0.05) is 13.1 Å². The number of rotatable bonds is 9. The summed E-state index contributed by atoms with van der Waals surface area (Å²) in [6.07, 6.45) is 0.870. The molecule has 0 unspecified atom stereocenters. The Morgan fingerprint density at radius 3 is 2.27 bits per heavy atom. The normalized spacial score (nSPS) is 12.0. The maximum Gasteiger partial charge on any atom is 0.242 e. The molecule has 1 atom stereocenters. The second kappa shape index (κ2) is 11.0. The molecule has 4 nitrogen and oxygen atoms in total. The van der Waals surface area contributed by atoms with Gasteiger partial charge in [-0.25, -0.2) is 0 Å². The maximum absolute atomic E-state index is 13.4.